The minimum atomic E-state index is -0.114. The summed E-state index contributed by atoms with van der Waals surface area (Å²) in [5, 5.41) is 13.6. The second kappa shape index (κ2) is 8.93. The maximum Gasteiger partial charge on any atom is 0.251 e. The number of benzene rings is 4. The van der Waals surface area contributed by atoms with Crippen LogP contribution in [-0.4, -0.2) is 16.1 Å². The average molecular weight is 452 g/mol. The van der Waals surface area contributed by atoms with E-state index in [4.69, 9.17) is 11.6 Å². The van der Waals surface area contributed by atoms with Crippen molar-refractivity contribution in [3.05, 3.63) is 113 Å². The van der Waals surface area contributed by atoms with Crippen LogP contribution in [0.4, 0.5) is 0 Å². The highest BCUT2D eigenvalue weighted by molar-refractivity contribution is 6.30. The zero-order valence-corrected chi connectivity index (χ0v) is 18.8. The average Bonchev–Trinajstić information content (AvgIpc) is 3.34. The Kier molecular flexibility index (Phi) is 5.68. The zero-order valence-electron chi connectivity index (χ0n) is 18.0. The van der Waals surface area contributed by atoms with E-state index in [0.717, 1.165) is 38.9 Å². The quantitative estimate of drug-likeness (QED) is 0.301. The van der Waals surface area contributed by atoms with Crippen molar-refractivity contribution in [3.63, 3.8) is 0 Å². The van der Waals surface area contributed by atoms with Crippen LogP contribution in [-0.2, 0) is 0 Å². The molecule has 0 radical (unpaired) electrons. The fraction of sp³-hybridized carbons (Fsp3) is 0.0714. The summed E-state index contributed by atoms with van der Waals surface area (Å²) in [4.78, 5) is 12.9. The Morgan fingerprint density at radius 1 is 0.879 bits per heavy atom. The number of aromatic amines is 1. The summed E-state index contributed by atoms with van der Waals surface area (Å²) >= 11 is 5.97. The maximum atomic E-state index is 12.9. The molecule has 0 bridgehead atoms. The largest absolute Gasteiger partial charge is 0.345 e. The minimum absolute atomic E-state index is 0.106. The lowest BCUT2D eigenvalue weighted by Gasteiger charge is -2.17. The summed E-state index contributed by atoms with van der Waals surface area (Å²) in [7, 11) is 0. The standard InChI is InChI=1S/C28H22ClN3O/c1-18(24-8-4-6-19-5-2-3-7-25(19)24)30-28(33)22-11-9-20(10-12-22)26-17-27(32-31-26)21-13-15-23(29)16-14-21/h2-18H,1H3,(H,30,33)(H,31,32)/t18-/m1/s1. The van der Waals surface area contributed by atoms with Crippen LogP contribution in [0.3, 0.4) is 0 Å². The van der Waals surface area contributed by atoms with Crippen LogP contribution >= 0.6 is 11.6 Å². The van der Waals surface area contributed by atoms with Gasteiger partial charge < -0.3 is 5.32 Å². The third kappa shape index (κ3) is 4.38. The summed E-state index contributed by atoms with van der Waals surface area (Å²) in [6.07, 6.45) is 0. The van der Waals surface area contributed by atoms with Gasteiger partial charge in [-0.15, -0.1) is 0 Å². The van der Waals surface area contributed by atoms with Gasteiger partial charge in [-0.05, 0) is 59.2 Å². The number of fused-ring (bicyclic) bond motifs is 1. The molecule has 0 aliphatic rings. The van der Waals surface area contributed by atoms with Crippen LogP contribution in [0.2, 0.25) is 5.02 Å². The lowest BCUT2D eigenvalue weighted by molar-refractivity contribution is 0.0940. The zero-order chi connectivity index (χ0) is 22.8. The maximum absolute atomic E-state index is 12.9. The van der Waals surface area contributed by atoms with Gasteiger partial charge in [0.15, 0.2) is 0 Å². The SMILES string of the molecule is C[C@@H](NC(=O)c1ccc(-c2cc(-c3ccc(Cl)cc3)[nH]n2)cc1)c1cccc2ccccc12. The Morgan fingerprint density at radius 2 is 1.58 bits per heavy atom. The molecular formula is C28H22ClN3O. The number of nitrogens with zero attached hydrogens (tertiary/aromatic N) is 1. The predicted molar refractivity (Wildman–Crippen MR) is 134 cm³/mol. The number of H-pyrrole nitrogens is 1. The summed E-state index contributed by atoms with van der Waals surface area (Å²) in [6, 6.07) is 31.3. The molecule has 4 aromatic carbocycles. The Morgan fingerprint density at radius 3 is 2.36 bits per heavy atom. The lowest BCUT2D eigenvalue weighted by Crippen LogP contribution is -2.26. The fourth-order valence-corrected chi connectivity index (χ4v) is 4.15. The third-order valence-corrected chi connectivity index (χ3v) is 6.07. The summed E-state index contributed by atoms with van der Waals surface area (Å²) in [6.45, 7) is 2.01. The highest BCUT2D eigenvalue weighted by Gasteiger charge is 2.14. The van der Waals surface area contributed by atoms with E-state index >= 15 is 0 Å². The number of amides is 1. The molecule has 33 heavy (non-hydrogen) atoms. The van der Waals surface area contributed by atoms with Gasteiger partial charge in [-0.1, -0.05) is 78.3 Å². The predicted octanol–water partition coefficient (Wildman–Crippen LogP) is 7.04. The van der Waals surface area contributed by atoms with Gasteiger partial charge >= 0.3 is 0 Å². The molecule has 0 spiro atoms. The molecule has 1 amide bonds. The molecule has 1 atom stereocenters. The normalized spacial score (nSPS) is 11.9. The van der Waals surface area contributed by atoms with Crippen LogP contribution in [0.15, 0.2) is 97.1 Å². The van der Waals surface area contributed by atoms with Crippen LogP contribution < -0.4 is 5.32 Å². The van der Waals surface area contributed by atoms with E-state index in [0.29, 0.717) is 10.6 Å². The van der Waals surface area contributed by atoms with Crippen molar-refractivity contribution in [1.29, 1.82) is 0 Å². The number of rotatable bonds is 5. The first-order chi connectivity index (χ1) is 16.1. The van der Waals surface area contributed by atoms with E-state index in [1.165, 1.54) is 0 Å². The second-order valence-corrected chi connectivity index (χ2v) is 8.45. The van der Waals surface area contributed by atoms with E-state index < -0.39 is 0 Å². The number of halogens is 1. The molecule has 1 heterocycles. The van der Waals surface area contributed by atoms with Crippen molar-refractivity contribution < 1.29 is 4.79 Å². The minimum Gasteiger partial charge on any atom is -0.345 e. The molecule has 0 saturated carbocycles. The van der Waals surface area contributed by atoms with Crippen LogP contribution in [0.5, 0.6) is 0 Å². The Labute approximate surface area is 197 Å². The number of hydrogen-bond acceptors (Lipinski definition) is 2. The smallest absolute Gasteiger partial charge is 0.251 e. The van der Waals surface area contributed by atoms with E-state index in [-0.39, 0.29) is 11.9 Å². The number of nitrogens with one attached hydrogen (secondary N) is 2. The van der Waals surface area contributed by atoms with Crippen molar-refractivity contribution in [2.45, 2.75) is 13.0 Å². The van der Waals surface area contributed by atoms with Crippen LogP contribution in [0, 0.1) is 0 Å². The number of aromatic nitrogens is 2. The number of hydrogen-bond donors (Lipinski definition) is 2. The molecule has 5 rings (SSSR count). The lowest BCUT2D eigenvalue weighted by atomic mass is 9.99. The van der Waals surface area contributed by atoms with Gasteiger partial charge in [0.25, 0.3) is 5.91 Å². The van der Waals surface area contributed by atoms with Crippen molar-refractivity contribution in [2.75, 3.05) is 0 Å². The van der Waals surface area contributed by atoms with Crippen molar-refractivity contribution in [3.8, 4) is 22.5 Å². The van der Waals surface area contributed by atoms with Gasteiger partial charge in [0, 0.05) is 16.1 Å². The molecule has 0 aliphatic carbocycles. The molecule has 5 heteroatoms. The van der Waals surface area contributed by atoms with E-state index in [2.05, 4.69) is 39.8 Å². The fourth-order valence-electron chi connectivity index (χ4n) is 4.03. The van der Waals surface area contributed by atoms with Crippen molar-refractivity contribution >= 4 is 28.3 Å². The summed E-state index contributed by atoms with van der Waals surface area (Å²) in [5.41, 5.74) is 5.38. The molecule has 0 aliphatic heterocycles. The molecular weight excluding hydrogens is 430 g/mol. The van der Waals surface area contributed by atoms with Gasteiger partial charge in [0.2, 0.25) is 0 Å². The Balaban J connectivity index is 1.31. The van der Waals surface area contributed by atoms with Gasteiger partial charge in [-0.25, -0.2) is 0 Å². The van der Waals surface area contributed by atoms with Gasteiger partial charge in [0.1, 0.15) is 0 Å². The Hall–Kier alpha value is -3.89. The first-order valence-electron chi connectivity index (χ1n) is 10.8. The first-order valence-corrected chi connectivity index (χ1v) is 11.2. The second-order valence-electron chi connectivity index (χ2n) is 8.01. The molecule has 2 N–H and O–H groups in total. The van der Waals surface area contributed by atoms with Gasteiger partial charge in [-0.2, -0.15) is 5.10 Å². The molecule has 0 fully saturated rings. The molecule has 4 nitrogen and oxygen atoms in total. The van der Waals surface area contributed by atoms with E-state index in [1.807, 2.05) is 79.7 Å². The van der Waals surface area contributed by atoms with Crippen molar-refractivity contribution in [1.82, 2.24) is 15.5 Å². The molecule has 0 saturated heterocycles. The topological polar surface area (TPSA) is 57.8 Å². The van der Waals surface area contributed by atoms with Crippen molar-refractivity contribution in [2.24, 2.45) is 0 Å². The molecule has 162 valence electrons. The highest BCUT2D eigenvalue weighted by Crippen LogP contribution is 2.26. The molecule has 1 aromatic heterocycles. The van der Waals surface area contributed by atoms with E-state index in [1.54, 1.807) is 0 Å². The molecule has 5 aromatic rings. The first kappa shape index (κ1) is 21.0. The van der Waals surface area contributed by atoms with E-state index in [9.17, 15) is 4.79 Å². The number of carbonyl (C=O) groups is 1. The molecule has 0 unspecified atom stereocenters. The monoisotopic (exact) mass is 451 g/mol. The third-order valence-electron chi connectivity index (χ3n) is 5.81. The highest BCUT2D eigenvalue weighted by atomic mass is 35.5. The van der Waals surface area contributed by atoms with Gasteiger partial charge in [0.05, 0.1) is 17.4 Å². The number of carbonyl (C=O) groups excluding carboxylic acids is 1. The Bertz CT molecular complexity index is 1420. The summed E-state index contributed by atoms with van der Waals surface area (Å²) in [5.74, 6) is -0.106. The van der Waals surface area contributed by atoms with Crippen LogP contribution in [0.1, 0.15) is 28.9 Å². The summed E-state index contributed by atoms with van der Waals surface area (Å²) < 4.78 is 0. The van der Waals surface area contributed by atoms with Crippen LogP contribution in [0.25, 0.3) is 33.3 Å². The van der Waals surface area contributed by atoms with Gasteiger partial charge in [-0.3, -0.25) is 9.89 Å².